The van der Waals surface area contributed by atoms with E-state index in [2.05, 4.69) is 20.6 Å². The van der Waals surface area contributed by atoms with Gasteiger partial charge in [0.05, 0.1) is 0 Å². The van der Waals surface area contributed by atoms with Crippen LogP contribution in [0.15, 0.2) is 67.0 Å². The van der Waals surface area contributed by atoms with Gasteiger partial charge in [0.2, 0.25) is 0 Å². The second-order valence-corrected chi connectivity index (χ2v) is 5.18. The molecule has 1 amide bonds. The van der Waals surface area contributed by atoms with Crippen molar-refractivity contribution in [1.29, 1.82) is 0 Å². The first-order valence-electron chi connectivity index (χ1n) is 6.92. The Morgan fingerprint density at radius 1 is 0.913 bits per heavy atom. The fraction of sp³-hybridized carbons (Fsp3) is 0. The molecule has 1 heterocycles. The Bertz CT molecular complexity index is 806. The topological polar surface area (TPSA) is 66.9 Å². The summed E-state index contributed by atoms with van der Waals surface area (Å²) in [6.07, 6.45) is 1.39. The molecule has 2 aromatic carbocycles. The summed E-state index contributed by atoms with van der Waals surface area (Å²) in [6.45, 7) is 0. The number of benzene rings is 2. The van der Waals surface area contributed by atoms with Crippen LogP contribution in [-0.4, -0.2) is 15.9 Å². The minimum absolute atomic E-state index is 0.221. The third-order valence-corrected chi connectivity index (χ3v) is 3.31. The molecule has 3 aromatic rings. The Balaban J connectivity index is 1.72. The molecule has 0 saturated heterocycles. The molecule has 23 heavy (non-hydrogen) atoms. The maximum absolute atomic E-state index is 12.1. The lowest BCUT2D eigenvalue weighted by atomic mass is 10.2. The van der Waals surface area contributed by atoms with Crippen molar-refractivity contribution in [2.75, 3.05) is 10.6 Å². The lowest BCUT2D eigenvalue weighted by Crippen LogP contribution is -2.13. The van der Waals surface area contributed by atoms with E-state index in [1.54, 1.807) is 30.3 Å². The molecule has 5 nitrogen and oxygen atoms in total. The van der Waals surface area contributed by atoms with E-state index in [1.807, 2.05) is 30.3 Å². The number of hydrogen-bond acceptors (Lipinski definition) is 4. The van der Waals surface area contributed by atoms with Crippen molar-refractivity contribution >= 4 is 34.8 Å². The molecule has 1 aromatic heterocycles. The van der Waals surface area contributed by atoms with Crippen LogP contribution >= 0.6 is 11.6 Å². The number of rotatable bonds is 4. The summed E-state index contributed by atoms with van der Waals surface area (Å²) >= 11 is 5.85. The van der Waals surface area contributed by atoms with E-state index in [0.717, 1.165) is 5.69 Å². The molecule has 0 saturated carbocycles. The van der Waals surface area contributed by atoms with Crippen LogP contribution in [0.2, 0.25) is 5.02 Å². The number of carbonyl (C=O) groups is 1. The second kappa shape index (κ2) is 6.89. The first-order valence-corrected chi connectivity index (χ1v) is 7.29. The van der Waals surface area contributed by atoms with E-state index in [0.29, 0.717) is 22.2 Å². The molecule has 0 aliphatic rings. The molecule has 0 unspecified atom stereocenters. The highest BCUT2D eigenvalue weighted by atomic mass is 35.5. The van der Waals surface area contributed by atoms with Gasteiger partial charge in [-0.3, -0.25) is 4.79 Å². The van der Waals surface area contributed by atoms with Crippen LogP contribution in [0.5, 0.6) is 0 Å². The van der Waals surface area contributed by atoms with Gasteiger partial charge in [-0.25, -0.2) is 9.97 Å². The van der Waals surface area contributed by atoms with Gasteiger partial charge in [-0.2, -0.15) is 0 Å². The van der Waals surface area contributed by atoms with E-state index in [9.17, 15) is 4.79 Å². The fourth-order valence-electron chi connectivity index (χ4n) is 1.95. The van der Waals surface area contributed by atoms with Crippen LogP contribution < -0.4 is 10.6 Å². The van der Waals surface area contributed by atoms with Crippen molar-refractivity contribution in [2.45, 2.75) is 0 Å². The standard InChI is InChI=1S/C17H13ClN4O/c18-13-6-8-14(9-7-13)21-15-10-16(20-11-19-15)22-17(23)12-4-2-1-3-5-12/h1-11H,(H2,19,20,21,22,23). The number of nitrogens with one attached hydrogen (secondary N) is 2. The third-order valence-electron chi connectivity index (χ3n) is 3.06. The minimum Gasteiger partial charge on any atom is -0.340 e. The predicted molar refractivity (Wildman–Crippen MR) is 91.2 cm³/mol. The molecule has 0 atom stereocenters. The summed E-state index contributed by atoms with van der Waals surface area (Å²) in [5, 5.41) is 6.53. The van der Waals surface area contributed by atoms with Gasteiger partial charge in [-0.15, -0.1) is 0 Å². The molecule has 114 valence electrons. The fourth-order valence-corrected chi connectivity index (χ4v) is 2.08. The lowest BCUT2D eigenvalue weighted by molar-refractivity contribution is 0.102. The molecule has 0 aliphatic heterocycles. The molecule has 0 fully saturated rings. The van der Waals surface area contributed by atoms with Crippen molar-refractivity contribution in [3.8, 4) is 0 Å². The van der Waals surface area contributed by atoms with Crippen molar-refractivity contribution in [1.82, 2.24) is 9.97 Å². The number of carbonyl (C=O) groups excluding carboxylic acids is 1. The van der Waals surface area contributed by atoms with Crippen molar-refractivity contribution in [2.24, 2.45) is 0 Å². The molecule has 0 radical (unpaired) electrons. The third kappa shape index (κ3) is 4.05. The summed E-state index contributed by atoms with van der Waals surface area (Å²) < 4.78 is 0. The van der Waals surface area contributed by atoms with Crippen LogP contribution in [-0.2, 0) is 0 Å². The van der Waals surface area contributed by atoms with Gasteiger partial charge in [0, 0.05) is 22.3 Å². The summed E-state index contributed by atoms with van der Waals surface area (Å²) in [4.78, 5) is 20.3. The average Bonchev–Trinajstić information content (AvgIpc) is 2.58. The second-order valence-electron chi connectivity index (χ2n) is 4.74. The van der Waals surface area contributed by atoms with E-state index in [4.69, 9.17) is 11.6 Å². The van der Waals surface area contributed by atoms with E-state index in [1.165, 1.54) is 6.33 Å². The first-order chi connectivity index (χ1) is 11.2. The molecule has 6 heteroatoms. The van der Waals surface area contributed by atoms with Crippen molar-refractivity contribution in [3.63, 3.8) is 0 Å². The first kappa shape index (κ1) is 15.0. The quantitative estimate of drug-likeness (QED) is 0.757. The number of nitrogens with zero attached hydrogens (tertiary/aromatic N) is 2. The number of hydrogen-bond donors (Lipinski definition) is 2. The molecular formula is C17H13ClN4O. The van der Waals surface area contributed by atoms with Crippen molar-refractivity contribution in [3.05, 3.63) is 77.6 Å². The van der Waals surface area contributed by atoms with E-state index in [-0.39, 0.29) is 5.91 Å². The summed E-state index contributed by atoms with van der Waals surface area (Å²) in [5.41, 5.74) is 1.41. The number of anilines is 3. The molecule has 0 spiro atoms. The van der Waals surface area contributed by atoms with Gasteiger partial charge in [0.15, 0.2) is 0 Å². The monoisotopic (exact) mass is 324 g/mol. The zero-order valence-corrected chi connectivity index (χ0v) is 12.8. The zero-order valence-electron chi connectivity index (χ0n) is 12.0. The van der Waals surface area contributed by atoms with Gasteiger partial charge in [-0.05, 0) is 36.4 Å². The largest absolute Gasteiger partial charge is 0.340 e. The highest BCUT2D eigenvalue weighted by molar-refractivity contribution is 6.30. The highest BCUT2D eigenvalue weighted by Crippen LogP contribution is 2.18. The van der Waals surface area contributed by atoms with Crippen LogP contribution in [0.25, 0.3) is 0 Å². The van der Waals surface area contributed by atoms with Crippen LogP contribution in [0.4, 0.5) is 17.3 Å². The summed E-state index contributed by atoms with van der Waals surface area (Å²) in [7, 11) is 0. The van der Waals surface area contributed by atoms with Crippen LogP contribution in [0.1, 0.15) is 10.4 Å². The van der Waals surface area contributed by atoms with Gasteiger partial charge in [0.1, 0.15) is 18.0 Å². The Labute approximate surface area is 138 Å². The smallest absolute Gasteiger partial charge is 0.256 e. The minimum atomic E-state index is -0.221. The SMILES string of the molecule is O=C(Nc1cc(Nc2ccc(Cl)cc2)ncn1)c1ccccc1. The summed E-state index contributed by atoms with van der Waals surface area (Å²) in [6, 6.07) is 17.9. The van der Waals surface area contributed by atoms with E-state index >= 15 is 0 Å². The van der Waals surface area contributed by atoms with Crippen LogP contribution in [0, 0.1) is 0 Å². The van der Waals surface area contributed by atoms with E-state index < -0.39 is 0 Å². The van der Waals surface area contributed by atoms with Gasteiger partial charge >= 0.3 is 0 Å². The maximum Gasteiger partial charge on any atom is 0.256 e. The summed E-state index contributed by atoms with van der Waals surface area (Å²) in [5.74, 6) is 0.776. The Kier molecular flexibility index (Phi) is 4.49. The molecule has 0 bridgehead atoms. The number of amides is 1. The lowest BCUT2D eigenvalue weighted by Gasteiger charge is -2.08. The van der Waals surface area contributed by atoms with Gasteiger partial charge < -0.3 is 10.6 Å². The number of aromatic nitrogens is 2. The Morgan fingerprint density at radius 2 is 1.61 bits per heavy atom. The zero-order chi connectivity index (χ0) is 16.1. The Hall–Kier alpha value is -2.92. The van der Waals surface area contributed by atoms with Crippen LogP contribution in [0.3, 0.4) is 0 Å². The predicted octanol–water partition coefficient (Wildman–Crippen LogP) is 4.13. The maximum atomic E-state index is 12.1. The highest BCUT2D eigenvalue weighted by Gasteiger charge is 2.07. The van der Waals surface area contributed by atoms with Gasteiger partial charge in [0.25, 0.3) is 5.91 Å². The normalized spacial score (nSPS) is 10.1. The molecule has 3 rings (SSSR count). The Morgan fingerprint density at radius 3 is 2.35 bits per heavy atom. The average molecular weight is 325 g/mol. The molecule has 0 aliphatic carbocycles. The molecular weight excluding hydrogens is 312 g/mol. The van der Waals surface area contributed by atoms with Crippen molar-refractivity contribution < 1.29 is 4.79 Å². The number of halogens is 1. The molecule has 2 N–H and O–H groups in total. The van der Waals surface area contributed by atoms with Gasteiger partial charge in [-0.1, -0.05) is 29.8 Å².